The fourth-order valence-corrected chi connectivity index (χ4v) is 4.38. The van der Waals surface area contributed by atoms with Gasteiger partial charge in [0.2, 0.25) is 5.88 Å². The van der Waals surface area contributed by atoms with E-state index in [2.05, 4.69) is 20.2 Å². The third-order valence-electron chi connectivity index (χ3n) is 5.44. The molecule has 0 spiro atoms. The molecule has 4 rings (SSSR count). The first-order chi connectivity index (χ1) is 11.3. The zero-order valence-corrected chi connectivity index (χ0v) is 16.5. The Balaban J connectivity index is 0.00000169. The molecule has 132 valence electrons. The van der Waals surface area contributed by atoms with Crippen LogP contribution < -0.4 is 10.1 Å². The number of aromatic nitrogens is 1. The van der Waals surface area contributed by atoms with E-state index in [4.69, 9.17) is 9.47 Å². The third kappa shape index (κ3) is 3.08. The molecule has 0 aromatic carbocycles. The maximum absolute atomic E-state index is 6.05. The molecule has 24 heavy (non-hydrogen) atoms. The van der Waals surface area contributed by atoms with Gasteiger partial charge in [0.1, 0.15) is 0 Å². The Morgan fingerprint density at radius 3 is 2.71 bits per heavy atom. The summed E-state index contributed by atoms with van der Waals surface area (Å²) in [7, 11) is 3.50. The van der Waals surface area contributed by atoms with E-state index in [1.807, 2.05) is 19.2 Å². The first-order valence-corrected chi connectivity index (χ1v) is 8.39. The fourth-order valence-electron chi connectivity index (χ4n) is 4.38. The van der Waals surface area contributed by atoms with E-state index in [1.165, 1.54) is 12.8 Å². The van der Waals surface area contributed by atoms with Crippen LogP contribution in [0.25, 0.3) is 0 Å². The predicted octanol–water partition coefficient (Wildman–Crippen LogP) is 1.89. The maximum Gasteiger partial charge on any atom is 0.218 e. The SMILES string of the molecule is CN=C(NCc1cccnc1OC)N1CC2C3CCC(O3)C2C1.I. The molecule has 3 aliphatic rings. The summed E-state index contributed by atoms with van der Waals surface area (Å²) in [6.07, 6.45) is 5.17. The van der Waals surface area contributed by atoms with Gasteiger partial charge in [-0.15, -0.1) is 24.0 Å². The second-order valence-corrected chi connectivity index (χ2v) is 6.60. The summed E-state index contributed by atoms with van der Waals surface area (Å²) < 4.78 is 11.4. The molecule has 1 aromatic heterocycles. The molecule has 3 fully saturated rings. The van der Waals surface area contributed by atoms with Gasteiger partial charge in [-0.1, -0.05) is 6.07 Å². The van der Waals surface area contributed by atoms with E-state index in [-0.39, 0.29) is 24.0 Å². The number of aliphatic imine (C=N–C) groups is 1. The highest BCUT2D eigenvalue weighted by Crippen LogP contribution is 2.47. The van der Waals surface area contributed by atoms with Crippen molar-refractivity contribution in [3.63, 3.8) is 0 Å². The van der Waals surface area contributed by atoms with Crippen LogP contribution in [-0.4, -0.2) is 55.3 Å². The lowest BCUT2D eigenvalue weighted by Crippen LogP contribution is -2.41. The van der Waals surface area contributed by atoms with Gasteiger partial charge in [0.25, 0.3) is 0 Å². The number of guanidine groups is 1. The minimum absolute atomic E-state index is 0. The molecule has 0 aliphatic carbocycles. The molecule has 1 N–H and O–H groups in total. The lowest BCUT2D eigenvalue weighted by Gasteiger charge is -2.23. The summed E-state index contributed by atoms with van der Waals surface area (Å²) in [5.74, 6) is 2.99. The molecule has 4 unspecified atom stereocenters. The average molecular weight is 444 g/mol. The second-order valence-electron chi connectivity index (χ2n) is 6.60. The number of pyridine rings is 1. The van der Waals surface area contributed by atoms with Crippen LogP contribution in [0.1, 0.15) is 18.4 Å². The number of rotatable bonds is 3. The third-order valence-corrected chi connectivity index (χ3v) is 5.44. The summed E-state index contributed by atoms with van der Waals surface area (Å²) in [6, 6.07) is 3.95. The molecular formula is C17H25IN4O2. The van der Waals surface area contributed by atoms with Crippen molar-refractivity contribution in [3.05, 3.63) is 23.9 Å². The summed E-state index contributed by atoms with van der Waals surface area (Å²) >= 11 is 0. The van der Waals surface area contributed by atoms with Crippen LogP contribution in [0.15, 0.2) is 23.3 Å². The van der Waals surface area contributed by atoms with Gasteiger partial charge in [-0.2, -0.15) is 0 Å². The molecule has 4 heterocycles. The number of nitrogens with one attached hydrogen (secondary N) is 1. The number of hydrogen-bond acceptors (Lipinski definition) is 4. The van der Waals surface area contributed by atoms with E-state index >= 15 is 0 Å². The fraction of sp³-hybridized carbons (Fsp3) is 0.647. The van der Waals surface area contributed by atoms with Crippen molar-refractivity contribution in [2.24, 2.45) is 16.8 Å². The van der Waals surface area contributed by atoms with E-state index in [0.717, 1.165) is 24.6 Å². The molecule has 3 aliphatic heterocycles. The average Bonchev–Trinajstić information content (AvgIpc) is 3.28. The minimum Gasteiger partial charge on any atom is -0.481 e. The van der Waals surface area contributed by atoms with E-state index in [1.54, 1.807) is 13.3 Å². The number of halogens is 1. The standard InChI is InChI=1S/C17H24N4O2.HI/c1-18-17(20-8-11-4-3-7-19-16(11)22-2)21-9-12-13(10-21)15-6-5-14(12)23-15;/h3-4,7,12-15H,5-6,8-10H2,1-2H3,(H,18,20);1H. The number of likely N-dealkylation sites (tertiary alicyclic amines) is 1. The van der Waals surface area contributed by atoms with Crippen molar-refractivity contribution in [3.8, 4) is 5.88 Å². The van der Waals surface area contributed by atoms with Crippen LogP contribution in [0.2, 0.25) is 0 Å². The second kappa shape index (κ2) is 7.43. The molecule has 0 radical (unpaired) electrons. The molecule has 4 atom stereocenters. The highest BCUT2D eigenvalue weighted by molar-refractivity contribution is 14.0. The first-order valence-electron chi connectivity index (χ1n) is 8.39. The highest BCUT2D eigenvalue weighted by atomic mass is 127. The van der Waals surface area contributed by atoms with Crippen molar-refractivity contribution in [1.29, 1.82) is 0 Å². The molecule has 7 heteroatoms. The highest BCUT2D eigenvalue weighted by Gasteiger charge is 2.53. The Kier molecular flexibility index (Phi) is 5.49. The molecule has 0 saturated carbocycles. The molecular weight excluding hydrogens is 419 g/mol. The first kappa shape index (κ1) is 17.7. The van der Waals surface area contributed by atoms with Gasteiger partial charge in [-0.05, 0) is 18.9 Å². The Morgan fingerprint density at radius 2 is 2.08 bits per heavy atom. The normalized spacial score (nSPS) is 30.9. The van der Waals surface area contributed by atoms with Gasteiger partial charge in [-0.25, -0.2) is 4.98 Å². The van der Waals surface area contributed by atoms with Gasteiger partial charge in [0.15, 0.2) is 5.96 Å². The smallest absolute Gasteiger partial charge is 0.218 e. The van der Waals surface area contributed by atoms with Crippen molar-refractivity contribution >= 4 is 29.9 Å². The van der Waals surface area contributed by atoms with E-state index in [9.17, 15) is 0 Å². The van der Waals surface area contributed by atoms with E-state index < -0.39 is 0 Å². The molecule has 0 amide bonds. The van der Waals surface area contributed by atoms with Crippen molar-refractivity contribution < 1.29 is 9.47 Å². The lowest BCUT2D eigenvalue weighted by atomic mass is 9.82. The topological polar surface area (TPSA) is 59.0 Å². The summed E-state index contributed by atoms with van der Waals surface area (Å²) in [6.45, 7) is 2.77. The molecule has 3 saturated heterocycles. The van der Waals surface area contributed by atoms with Crippen LogP contribution in [0.5, 0.6) is 5.88 Å². The Morgan fingerprint density at radius 1 is 1.38 bits per heavy atom. The van der Waals surface area contributed by atoms with Crippen LogP contribution in [0.3, 0.4) is 0 Å². The van der Waals surface area contributed by atoms with Gasteiger partial charge < -0.3 is 19.7 Å². The summed E-state index contributed by atoms with van der Waals surface area (Å²) in [5.41, 5.74) is 1.04. The van der Waals surface area contributed by atoms with Crippen molar-refractivity contribution in [1.82, 2.24) is 15.2 Å². The number of methoxy groups -OCH3 is 1. The number of nitrogens with zero attached hydrogens (tertiary/aromatic N) is 3. The molecule has 1 aromatic rings. The molecule has 6 nitrogen and oxygen atoms in total. The minimum atomic E-state index is 0. The van der Waals surface area contributed by atoms with Crippen LogP contribution in [0, 0.1) is 11.8 Å². The van der Waals surface area contributed by atoms with Gasteiger partial charge in [0.05, 0.1) is 19.3 Å². The zero-order chi connectivity index (χ0) is 15.8. The quantitative estimate of drug-likeness (QED) is 0.439. The van der Waals surface area contributed by atoms with Crippen molar-refractivity contribution in [2.75, 3.05) is 27.2 Å². The largest absolute Gasteiger partial charge is 0.481 e. The number of hydrogen-bond donors (Lipinski definition) is 1. The summed E-state index contributed by atoms with van der Waals surface area (Å²) in [5, 5.41) is 3.46. The van der Waals surface area contributed by atoms with Crippen LogP contribution >= 0.6 is 24.0 Å². The maximum atomic E-state index is 6.05. The Bertz CT molecular complexity index is 594. The number of fused-ring (bicyclic) bond motifs is 5. The summed E-state index contributed by atoms with van der Waals surface area (Å²) in [4.78, 5) is 11.1. The van der Waals surface area contributed by atoms with Crippen LogP contribution in [0.4, 0.5) is 0 Å². The Hall–Kier alpha value is -1.09. The van der Waals surface area contributed by atoms with E-state index in [0.29, 0.717) is 36.5 Å². The molecule has 2 bridgehead atoms. The Labute approximate surface area is 160 Å². The van der Waals surface area contributed by atoms with Gasteiger partial charge in [-0.3, -0.25) is 4.99 Å². The zero-order valence-electron chi connectivity index (χ0n) is 14.1. The number of ether oxygens (including phenoxy) is 2. The predicted molar refractivity (Wildman–Crippen MR) is 103 cm³/mol. The monoisotopic (exact) mass is 444 g/mol. The van der Waals surface area contributed by atoms with Crippen LogP contribution in [-0.2, 0) is 11.3 Å². The van der Waals surface area contributed by atoms with Gasteiger partial charge >= 0.3 is 0 Å². The lowest BCUT2D eigenvalue weighted by molar-refractivity contribution is 0.0767. The van der Waals surface area contributed by atoms with Gasteiger partial charge in [0, 0.05) is 50.3 Å². The van der Waals surface area contributed by atoms with Crippen molar-refractivity contribution in [2.45, 2.75) is 31.6 Å².